The molecule has 0 bridgehead atoms. The summed E-state index contributed by atoms with van der Waals surface area (Å²) in [5.74, 6) is -1.51. The molecule has 108 valence electrons. The number of carbonyl (C=O) groups excluding carboxylic acids is 3. The third-order valence-electron chi connectivity index (χ3n) is 2.48. The largest absolute Gasteiger partial charge is 0.347 e. The minimum Gasteiger partial charge on any atom is -0.347 e. The van der Waals surface area contributed by atoms with Crippen LogP contribution in [0.2, 0.25) is 0 Å². The molecule has 0 aliphatic heterocycles. The van der Waals surface area contributed by atoms with Crippen LogP contribution in [0, 0.1) is 0 Å². The highest BCUT2D eigenvalue weighted by Gasteiger charge is 2.20. The van der Waals surface area contributed by atoms with Crippen LogP contribution < -0.4 is 5.32 Å². The summed E-state index contributed by atoms with van der Waals surface area (Å²) >= 11 is 0. The number of hydrogen-bond donors (Lipinski definition) is 1. The average molecular weight is 276 g/mol. The Labute approximate surface area is 119 Å². The van der Waals surface area contributed by atoms with E-state index in [0.717, 1.165) is 0 Å². The van der Waals surface area contributed by atoms with Gasteiger partial charge in [0.1, 0.15) is 0 Å². The van der Waals surface area contributed by atoms with Gasteiger partial charge in [-0.3, -0.25) is 14.4 Å². The SMILES string of the molecule is CN(C)C(=O)C(=O)c1cccc(C(=O)NC(C)(C)C)c1. The van der Waals surface area contributed by atoms with Crippen molar-refractivity contribution < 1.29 is 14.4 Å². The van der Waals surface area contributed by atoms with Crippen molar-refractivity contribution in [2.24, 2.45) is 0 Å². The van der Waals surface area contributed by atoms with Crippen LogP contribution in [0.15, 0.2) is 24.3 Å². The molecule has 0 atom stereocenters. The van der Waals surface area contributed by atoms with E-state index < -0.39 is 11.7 Å². The number of likely N-dealkylation sites (N-methyl/N-ethyl adjacent to an activating group) is 1. The van der Waals surface area contributed by atoms with Crippen molar-refractivity contribution >= 4 is 17.6 Å². The van der Waals surface area contributed by atoms with Gasteiger partial charge in [-0.25, -0.2) is 0 Å². The molecule has 0 aliphatic carbocycles. The van der Waals surface area contributed by atoms with Gasteiger partial charge in [-0.05, 0) is 32.9 Å². The monoisotopic (exact) mass is 276 g/mol. The second-order valence-corrected chi connectivity index (χ2v) is 5.81. The Hall–Kier alpha value is -2.17. The van der Waals surface area contributed by atoms with Crippen LogP contribution >= 0.6 is 0 Å². The summed E-state index contributed by atoms with van der Waals surface area (Å²) in [5, 5.41) is 2.81. The highest BCUT2D eigenvalue weighted by Crippen LogP contribution is 2.09. The van der Waals surface area contributed by atoms with Crippen molar-refractivity contribution in [3.05, 3.63) is 35.4 Å². The first-order valence-electron chi connectivity index (χ1n) is 6.30. The van der Waals surface area contributed by atoms with Crippen LogP contribution in [0.25, 0.3) is 0 Å². The first-order valence-corrected chi connectivity index (χ1v) is 6.30. The Morgan fingerprint density at radius 2 is 1.60 bits per heavy atom. The van der Waals surface area contributed by atoms with Gasteiger partial charge in [0.25, 0.3) is 11.8 Å². The molecule has 0 aromatic heterocycles. The Bertz CT molecular complexity index is 542. The van der Waals surface area contributed by atoms with Crippen molar-refractivity contribution in [1.82, 2.24) is 10.2 Å². The van der Waals surface area contributed by atoms with Gasteiger partial charge in [-0.1, -0.05) is 12.1 Å². The molecule has 5 nitrogen and oxygen atoms in total. The molecule has 1 N–H and O–H groups in total. The van der Waals surface area contributed by atoms with Gasteiger partial charge in [0.2, 0.25) is 5.78 Å². The highest BCUT2D eigenvalue weighted by molar-refractivity contribution is 6.42. The number of ketones is 1. The lowest BCUT2D eigenvalue weighted by Crippen LogP contribution is -2.40. The highest BCUT2D eigenvalue weighted by atomic mass is 16.2. The van der Waals surface area contributed by atoms with Crippen molar-refractivity contribution in [2.75, 3.05) is 14.1 Å². The maximum atomic E-state index is 12.0. The van der Waals surface area contributed by atoms with Crippen molar-refractivity contribution in [2.45, 2.75) is 26.3 Å². The van der Waals surface area contributed by atoms with Crippen LogP contribution in [0.1, 0.15) is 41.5 Å². The maximum Gasteiger partial charge on any atom is 0.294 e. The number of benzene rings is 1. The molecular weight excluding hydrogens is 256 g/mol. The molecule has 2 amide bonds. The van der Waals surface area contributed by atoms with Gasteiger partial charge < -0.3 is 10.2 Å². The summed E-state index contributed by atoms with van der Waals surface area (Å²) in [6, 6.07) is 6.16. The minimum atomic E-state index is -0.625. The fourth-order valence-corrected chi connectivity index (χ4v) is 1.54. The van der Waals surface area contributed by atoms with Gasteiger partial charge in [-0.2, -0.15) is 0 Å². The molecule has 0 radical (unpaired) electrons. The summed E-state index contributed by atoms with van der Waals surface area (Å²) in [6.45, 7) is 5.61. The predicted octanol–water partition coefficient (Wildman–Crippen LogP) is 1.49. The molecule has 1 aromatic rings. The van der Waals surface area contributed by atoms with E-state index in [0.29, 0.717) is 5.56 Å². The van der Waals surface area contributed by atoms with E-state index in [4.69, 9.17) is 0 Å². The van der Waals surface area contributed by atoms with E-state index >= 15 is 0 Å². The molecule has 20 heavy (non-hydrogen) atoms. The quantitative estimate of drug-likeness (QED) is 0.672. The smallest absolute Gasteiger partial charge is 0.294 e. The number of amides is 2. The Morgan fingerprint density at radius 1 is 1.05 bits per heavy atom. The summed E-state index contributed by atoms with van der Waals surface area (Å²) < 4.78 is 0. The summed E-state index contributed by atoms with van der Waals surface area (Å²) in [7, 11) is 3.02. The third kappa shape index (κ3) is 4.19. The van der Waals surface area contributed by atoms with E-state index in [-0.39, 0.29) is 17.0 Å². The number of rotatable bonds is 3. The molecule has 0 heterocycles. The summed E-state index contributed by atoms with van der Waals surface area (Å²) in [6.07, 6.45) is 0. The molecule has 5 heteroatoms. The van der Waals surface area contributed by atoms with Crippen LogP contribution in [-0.4, -0.2) is 42.1 Å². The molecule has 0 fully saturated rings. The fraction of sp³-hybridized carbons (Fsp3) is 0.400. The maximum absolute atomic E-state index is 12.0. The van der Waals surface area contributed by atoms with Gasteiger partial charge >= 0.3 is 0 Å². The number of nitrogens with one attached hydrogen (secondary N) is 1. The Morgan fingerprint density at radius 3 is 2.10 bits per heavy atom. The van der Waals surface area contributed by atoms with Crippen molar-refractivity contribution in [3.8, 4) is 0 Å². The van der Waals surface area contributed by atoms with Crippen LogP contribution in [-0.2, 0) is 4.79 Å². The van der Waals surface area contributed by atoms with Crippen LogP contribution in [0.4, 0.5) is 0 Å². The lowest BCUT2D eigenvalue weighted by atomic mass is 10.0. The van der Waals surface area contributed by atoms with E-state index in [9.17, 15) is 14.4 Å². The predicted molar refractivity (Wildman–Crippen MR) is 76.7 cm³/mol. The molecule has 0 saturated carbocycles. The Balaban J connectivity index is 3.00. The molecular formula is C15H20N2O3. The normalized spacial score (nSPS) is 10.8. The topological polar surface area (TPSA) is 66.5 Å². The first kappa shape index (κ1) is 15.9. The van der Waals surface area contributed by atoms with Crippen LogP contribution in [0.3, 0.4) is 0 Å². The molecule has 0 spiro atoms. The zero-order chi connectivity index (χ0) is 15.5. The van der Waals surface area contributed by atoms with Gasteiger partial charge in [0.15, 0.2) is 0 Å². The molecule has 0 unspecified atom stereocenters. The number of carbonyl (C=O) groups is 3. The Kier molecular flexibility index (Phi) is 4.65. The summed E-state index contributed by atoms with van der Waals surface area (Å²) in [5.41, 5.74) is 0.207. The van der Waals surface area contributed by atoms with E-state index in [1.165, 1.54) is 31.1 Å². The fourth-order valence-electron chi connectivity index (χ4n) is 1.54. The van der Waals surface area contributed by atoms with E-state index in [1.54, 1.807) is 12.1 Å². The lowest BCUT2D eigenvalue weighted by molar-refractivity contribution is -0.124. The minimum absolute atomic E-state index is 0.213. The van der Waals surface area contributed by atoms with Crippen LogP contribution in [0.5, 0.6) is 0 Å². The average Bonchev–Trinajstić information content (AvgIpc) is 2.35. The van der Waals surface area contributed by atoms with E-state index in [2.05, 4.69) is 5.32 Å². The standard InChI is InChI=1S/C15H20N2O3/c1-15(2,3)16-13(19)11-8-6-7-10(9-11)12(18)14(20)17(4)5/h6-9H,1-5H3,(H,16,19). The van der Waals surface area contributed by atoms with Gasteiger partial charge in [-0.15, -0.1) is 0 Å². The second kappa shape index (κ2) is 5.86. The van der Waals surface area contributed by atoms with Gasteiger partial charge in [0.05, 0.1) is 0 Å². The lowest BCUT2D eigenvalue weighted by Gasteiger charge is -2.20. The zero-order valence-electron chi connectivity index (χ0n) is 12.5. The number of hydrogen-bond acceptors (Lipinski definition) is 3. The summed E-state index contributed by atoms with van der Waals surface area (Å²) in [4.78, 5) is 36.8. The number of Topliss-reactive ketones (excluding diaryl/α,β-unsaturated/α-hetero) is 1. The van der Waals surface area contributed by atoms with E-state index in [1.807, 2.05) is 20.8 Å². The second-order valence-electron chi connectivity index (χ2n) is 5.81. The van der Waals surface area contributed by atoms with Gasteiger partial charge in [0, 0.05) is 30.8 Å². The number of nitrogens with zero attached hydrogens (tertiary/aromatic N) is 1. The molecule has 1 rings (SSSR count). The molecule has 1 aromatic carbocycles. The first-order chi connectivity index (χ1) is 9.11. The van der Waals surface area contributed by atoms with Crippen molar-refractivity contribution in [1.29, 1.82) is 0 Å². The molecule has 0 saturated heterocycles. The zero-order valence-corrected chi connectivity index (χ0v) is 12.5. The van der Waals surface area contributed by atoms with Crippen molar-refractivity contribution in [3.63, 3.8) is 0 Å². The third-order valence-corrected chi connectivity index (χ3v) is 2.48. The molecule has 0 aliphatic rings.